The Kier molecular flexibility index (Phi) is 4.48. The van der Waals surface area contributed by atoms with E-state index in [1.54, 1.807) is 6.07 Å². The summed E-state index contributed by atoms with van der Waals surface area (Å²) in [5, 5.41) is 9.85. The molecule has 1 aromatic rings. The molecule has 0 fully saturated rings. The van der Waals surface area contributed by atoms with Gasteiger partial charge in [-0.05, 0) is 37.5 Å². The summed E-state index contributed by atoms with van der Waals surface area (Å²) < 4.78 is 13.4. The summed E-state index contributed by atoms with van der Waals surface area (Å²) in [7, 11) is 0. The Morgan fingerprint density at radius 2 is 2.27 bits per heavy atom. The number of benzene rings is 1. The maximum atomic E-state index is 12.8. The molecule has 0 aliphatic heterocycles. The number of hydrogen-bond donors (Lipinski definition) is 1. The predicted molar refractivity (Wildman–Crippen MR) is 63.1 cm³/mol. The van der Waals surface area contributed by atoms with Crippen LogP contribution in [0.5, 0.6) is 0 Å². The van der Waals surface area contributed by atoms with Crippen LogP contribution < -0.4 is 0 Å². The highest BCUT2D eigenvalue weighted by molar-refractivity contribution is 9.10. The lowest BCUT2D eigenvalue weighted by molar-refractivity contribution is 0.167. The van der Waals surface area contributed by atoms with Gasteiger partial charge in [-0.15, -0.1) is 6.58 Å². The van der Waals surface area contributed by atoms with Crippen LogP contribution in [0.2, 0.25) is 0 Å². The molecule has 1 atom stereocenters. The van der Waals surface area contributed by atoms with E-state index < -0.39 is 6.10 Å². The van der Waals surface area contributed by atoms with Gasteiger partial charge in [0.25, 0.3) is 0 Å². The lowest BCUT2D eigenvalue weighted by Gasteiger charge is -2.12. The first-order valence-corrected chi connectivity index (χ1v) is 5.57. The molecule has 1 rings (SSSR count). The topological polar surface area (TPSA) is 20.2 Å². The number of rotatable bonds is 4. The van der Waals surface area contributed by atoms with Crippen LogP contribution in [0, 0.1) is 5.82 Å². The molecule has 0 saturated heterocycles. The van der Waals surface area contributed by atoms with E-state index in [2.05, 4.69) is 22.5 Å². The van der Waals surface area contributed by atoms with Crippen LogP contribution in [-0.2, 0) is 0 Å². The third-order valence-corrected chi connectivity index (χ3v) is 2.85. The predicted octanol–water partition coefficient (Wildman–Crippen LogP) is 3.98. The second-order valence-corrected chi connectivity index (χ2v) is 4.53. The van der Waals surface area contributed by atoms with Crippen molar-refractivity contribution in [1.82, 2.24) is 0 Å². The van der Waals surface area contributed by atoms with Gasteiger partial charge in [0, 0.05) is 4.47 Å². The molecule has 0 amide bonds. The van der Waals surface area contributed by atoms with Crippen molar-refractivity contribution < 1.29 is 9.50 Å². The van der Waals surface area contributed by atoms with Crippen LogP contribution in [0.15, 0.2) is 34.8 Å². The fraction of sp³-hybridized carbons (Fsp3) is 0.333. The van der Waals surface area contributed by atoms with Crippen LogP contribution in [-0.4, -0.2) is 5.11 Å². The Morgan fingerprint density at radius 3 is 2.80 bits per heavy atom. The second-order valence-electron chi connectivity index (χ2n) is 3.68. The standard InChI is InChI=1S/C12H14BrFO/c1-8(2)3-6-12(15)10-5-4-9(14)7-11(10)13/h4-5,7,12,15H,1,3,6H2,2H3. The normalized spacial score (nSPS) is 12.5. The van der Waals surface area contributed by atoms with Gasteiger partial charge in [-0.2, -0.15) is 0 Å². The first-order valence-electron chi connectivity index (χ1n) is 4.78. The van der Waals surface area contributed by atoms with Crippen LogP contribution in [0.4, 0.5) is 4.39 Å². The van der Waals surface area contributed by atoms with Gasteiger partial charge in [0.15, 0.2) is 0 Å². The minimum atomic E-state index is -0.573. The molecule has 3 heteroatoms. The first-order chi connectivity index (χ1) is 7.00. The van der Waals surface area contributed by atoms with Crippen molar-refractivity contribution in [3.63, 3.8) is 0 Å². The lowest BCUT2D eigenvalue weighted by atomic mass is 10.0. The largest absolute Gasteiger partial charge is 0.388 e. The Labute approximate surface area is 97.8 Å². The van der Waals surface area contributed by atoms with Crippen molar-refractivity contribution in [3.8, 4) is 0 Å². The van der Waals surface area contributed by atoms with E-state index in [1.807, 2.05) is 6.92 Å². The third kappa shape index (κ3) is 3.76. The zero-order valence-corrected chi connectivity index (χ0v) is 10.2. The molecule has 1 N–H and O–H groups in total. The summed E-state index contributed by atoms with van der Waals surface area (Å²) in [6.07, 6.45) is 0.807. The highest BCUT2D eigenvalue weighted by Crippen LogP contribution is 2.27. The Balaban J connectivity index is 2.73. The van der Waals surface area contributed by atoms with Crippen LogP contribution in [0.3, 0.4) is 0 Å². The van der Waals surface area contributed by atoms with Crippen LogP contribution >= 0.6 is 15.9 Å². The zero-order chi connectivity index (χ0) is 11.4. The van der Waals surface area contributed by atoms with Crippen molar-refractivity contribution >= 4 is 15.9 Å². The molecular weight excluding hydrogens is 259 g/mol. The van der Waals surface area contributed by atoms with Crippen LogP contribution in [0.25, 0.3) is 0 Å². The average molecular weight is 273 g/mol. The molecule has 0 aliphatic carbocycles. The Morgan fingerprint density at radius 1 is 1.60 bits per heavy atom. The lowest BCUT2D eigenvalue weighted by Crippen LogP contribution is -1.99. The molecule has 1 nitrogen and oxygen atoms in total. The molecular formula is C12H14BrFO. The fourth-order valence-electron chi connectivity index (χ4n) is 1.31. The highest BCUT2D eigenvalue weighted by atomic mass is 79.9. The molecule has 0 saturated carbocycles. The van der Waals surface area contributed by atoms with Crippen molar-refractivity contribution in [2.75, 3.05) is 0 Å². The van der Waals surface area contributed by atoms with E-state index in [0.717, 1.165) is 17.6 Å². The van der Waals surface area contributed by atoms with E-state index >= 15 is 0 Å². The Bertz CT molecular complexity index is 363. The summed E-state index contributed by atoms with van der Waals surface area (Å²) in [6.45, 7) is 5.70. The number of hydrogen-bond acceptors (Lipinski definition) is 1. The molecule has 1 unspecified atom stereocenters. The monoisotopic (exact) mass is 272 g/mol. The number of aliphatic hydroxyl groups is 1. The van der Waals surface area contributed by atoms with Crippen LogP contribution in [0.1, 0.15) is 31.4 Å². The number of halogens is 2. The molecule has 15 heavy (non-hydrogen) atoms. The van der Waals surface area contributed by atoms with Gasteiger partial charge in [0.05, 0.1) is 6.10 Å². The quantitative estimate of drug-likeness (QED) is 0.823. The molecule has 1 aromatic carbocycles. The van der Waals surface area contributed by atoms with E-state index in [9.17, 15) is 9.50 Å². The average Bonchev–Trinajstić information content (AvgIpc) is 2.14. The van der Waals surface area contributed by atoms with Crippen molar-refractivity contribution in [1.29, 1.82) is 0 Å². The van der Waals surface area contributed by atoms with Gasteiger partial charge >= 0.3 is 0 Å². The van der Waals surface area contributed by atoms with E-state index in [-0.39, 0.29) is 5.82 Å². The number of aliphatic hydroxyl groups excluding tert-OH is 1. The summed E-state index contributed by atoms with van der Waals surface area (Å²) in [5.41, 5.74) is 1.75. The minimum Gasteiger partial charge on any atom is -0.388 e. The minimum absolute atomic E-state index is 0.308. The molecule has 0 aliphatic rings. The summed E-state index contributed by atoms with van der Waals surface area (Å²) in [6, 6.07) is 4.31. The maximum absolute atomic E-state index is 12.8. The molecule has 0 bridgehead atoms. The first kappa shape index (κ1) is 12.4. The number of allylic oxidation sites excluding steroid dienone is 1. The maximum Gasteiger partial charge on any atom is 0.124 e. The van der Waals surface area contributed by atoms with Gasteiger partial charge in [-0.3, -0.25) is 0 Å². The fourth-order valence-corrected chi connectivity index (χ4v) is 1.93. The molecule has 0 aromatic heterocycles. The molecule has 0 heterocycles. The van der Waals surface area contributed by atoms with Crippen molar-refractivity contribution in [2.45, 2.75) is 25.9 Å². The molecule has 82 valence electrons. The zero-order valence-electron chi connectivity index (χ0n) is 8.63. The third-order valence-electron chi connectivity index (χ3n) is 2.17. The summed E-state index contributed by atoms with van der Waals surface area (Å²) in [4.78, 5) is 0. The summed E-state index contributed by atoms with van der Waals surface area (Å²) >= 11 is 3.23. The van der Waals surface area contributed by atoms with Gasteiger partial charge in [0.2, 0.25) is 0 Å². The smallest absolute Gasteiger partial charge is 0.124 e. The van der Waals surface area contributed by atoms with Gasteiger partial charge < -0.3 is 5.11 Å². The van der Waals surface area contributed by atoms with Gasteiger partial charge in [-0.1, -0.05) is 27.6 Å². The van der Waals surface area contributed by atoms with Crippen molar-refractivity contribution in [3.05, 3.63) is 46.2 Å². The van der Waals surface area contributed by atoms with E-state index in [4.69, 9.17) is 0 Å². The van der Waals surface area contributed by atoms with E-state index in [1.165, 1.54) is 12.1 Å². The molecule has 0 radical (unpaired) electrons. The SMILES string of the molecule is C=C(C)CCC(O)c1ccc(F)cc1Br. The van der Waals surface area contributed by atoms with Gasteiger partial charge in [0.1, 0.15) is 5.82 Å². The second kappa shape index (κ2) is 5.42. The highest BCUT2D eigenvalue weighted by Gasteiger charge is 2.11. The van der Waals surface area contributed by atoms with E-state index in [0.29, 0.717) is 10.9 Å². The summed E-state index contributed by atoms with van der Waals surface area (Å²) in [5.74, 6) is -0.308. The Hall–Kier alpha value is -0.670. The van der Waals surface area contributed by atoms with Crippen molar-refractivity contribution in [2.24, 2.45) is 0 Å². The van der Waals surface area contributed by atoms with Gasteiger partial charge in [-0.25, -0.2) is 4.39 Å². The molecule has 0 spiro atoms.